The van der Waals surface area contributed by atoms with Gasteiger partial charge < -0.3 is 34.0 Å². The molecule has 3 aliphatic rings. The van der Waals surface area contributed by atoms with Crippen LogP contribution in [0.4, 0.5) is 0 Å². The van der Waals surface area contributed by atoms with E-state index in [1.165, 1.54) is 13.8 Å². The summed E-state index contributed by atoms with van der Waals surface area (Å²) in [5.74, 6) is -3.66. The lowest BCUT2D eigenvalue weighted by Crippen LogP contribution is -2.77. The topological polar surface area (TPSA) is 149 Å². The summed E-state index contributed by atoms with van der Waals surface area (Å²) >= 11 is 0. The Balaban J connectivity index is 2.17. The Morgan fingerprint density at radius 2 is 1.57 bits per heavy atom. The quantitative estimate of drug-likeness (QED) is 0.157. The van der Waals surface area contributed by atoms with Crippen LogP contribution in [0.5, 0.6) is 0 Å². The first-order valence-corrected chi connectivity index (χ1v) is 20.1. The Bertz CT molecular complexity index is 1400. The molecule has 262 valence electrons. The van der Waals surface area contributed by atoms with Gasteiger partial charge in [0.15, 0.2) is 14.4 Å². The lowest BCUT2D eigenvalue weighted by molar-refractivity contribution is -0.302. The van der Waals surface area contributed by atoms with Gasteiger partial charge in [0, 0.05) is 37.0 Å². The van der Waals surface area contributed by atoms with Crippen LogP contribution in [0, 0.1) is 22.7 Å². The van der Waals surface area contributed by atoms with E-state index in [1.807, 2.05) is 33.5 Å². The van der Waals surface area contributed by atoms with Gasteiger partial charge in [-0.3, -0.25) is 9.59 Å². The second-order valence-corrected chi connectivity index (χ2v) is 20.1. The summed E-state index contributed by atoms with van der Waals surface area (Å²) in [6, 6.07) is 8.39. The Kier molecular flexibility index (Phi) is 10.1. The smallest absolute Gasteiger partial charge is 0.338 e. The first-order chi connectivity index (χ1) is 21.6. The third-order valence-electron chi connectivity index (χ3n) is 11.5. The first kappa shape index (κ1) is 37.2. The van der Waals surface area contributed by atoms with E-state index in [0.29, 0.717) is 5.57 Å². The number of benzene rings is 1. The van der Waals surface area contributed by atoms with Crippen molar-refractivity contribution in [2.45, 2.75) is 136 Å². The zero-order valence-electron chi connectivity index (χ0n) is 29.7. The Morgan fingerprint density at radius 3 is 2.09 bits per heavy atom. The van der Waals surface area contributed by atoms with Gasteiger partial charge in [-0.05, 0) is 68.6 Å². The van der Waals surface area contributed by atoms with Gasteiger partial charge in [0.2, 0.25) is 0 Å². The second-order valence-electron chi connectivity index (χ2n) is 15.6. The molecule has 2 fully saturated rings. The van der Waals surface area contributed by atoms with E-state index in [4.69, 9.17) is 18.6 Å². The van der Waals surface area contributed by atoms with Crippen LogP contribution in [0.1, 0.15) is 85.0 Å². The van der Waals surface area contributed by atoms with E-state index in [-0.39, 0.29) is 24.8 Å². The molecule has 2 unspecified atom stereocenters. The normalized spacial score (nSPS) is 38.4. The molecule has 0 heterocycles. The summed E-state index contributed by atoms with van der Waals surface area (Å²) < 4.78 is 25.4. The Labute approximate surface area is 279 Å². The number of carbonyl (C=O) groups excluding carboxylic acids is 3. The van der Waals surface area contributed by atoms with Crippen molar-refractivity contribution < 1.29 is 48.3 Å². The predicted octanol–water partition coefficient (Wildman–Crippen LogP) is 4.95. The van der Waals surface area contributed by atoms with Crippen LogP contribution in [0.15, 0.2) is 41.5 Å². The van der Waals surface area contributed by atoms with E-state index in [0.717, 1.165) is 5.57 Å². The molecule has 11 heteroatoms. The van der Waals surface area contributed by atoms with Crippen molar-refractivity contribution in [1.82, 2.24) is 0 Å². The van der Waals surface area contributed by atoms with Gasteiger partial charge in [-0.25, -0.2) is 4.79 Å². The lowest BCUT2D eigenvalue weighted by atomic mass is 9.43. The summed E-state index contributed by atoms with van der Waals surface area (Å²) in [5.41, 5.74) is -4.80. The van der Waals surface area contributed by atoms with Gasteiger partial charge >= 0.3 is 17.9 Å². The molecular formula is C36H54O10Si. The van der Waals surface area contributed by atoms with Crippen LogP contribution in [-0.4, -0.2) is 83.3 Å². The van der Waals surface area contributed by atoms with Crippen LogP contribution >= 0.6 is 0 Å². The fourth-order valence-corrected chi connectivity index (χ4v) is 10.1. The summed E-state index contributed by atoms with van der Waals surface area (Å²) in [4.78, 5) is 39.8. The van der Waals surface area contributed by atoms with Crippen LogP contribution in [-0.2, 0) is 28.2 Å². The van der Waals surface area contributed by atoms with Gasteiger partial charge in [-0.1, -0.05) is 52.8 Å². The molecule has 0 saturated heterocycles. The summed E-state index contributed by atoms with van der Waals surface area (Å²) in [6.07, 6.45) is -5.82. The molecule has 0 aromatic heterocycles. The largest absolute Gasteiger partial charge is 0.456 e. The molecule has 0 aliphatic heterocycles. The van der Waals surface area contributed by atoms with Crippen LogP contribution in [0.2, 0.25) is 19.6 Å². The molecule has 4 rings (SSSR count). The van der Waals surface area contributed by atoms with Crippen molar-refractivity contribution in [2.75, 3.05) is 0 Å². The predicted molar refractivity (Wildman–Crippen MR) is 178 cm³/mol. The number of rotatable bonds is 7. The first-order valence-electron chi connectivity index (χ1n) is 16.7. The highest BCUT2D eigenvalue weighted by molar-refractivity contribution is 6.69. The highest BCUT2D eigenvalue weighted by Gasteiger charge is 2.74. The van der Waals surface area contributed by atoms with Crippen molar-refractivity contribution in [1.29, 1.82) is 0 Å². The van der Waals surface area contributed by atoms with Crippen molar-refractivity contribution >= 4 is 26.2 Å². The molecule has 2 saturated carbocycles. The number of aliphatic hydroxyl groups is 3. The zero-order chi connectivity index (χ0) is 35.5. The van der Waals surface area contributed by atoms with E-state index in [1.54, 1.807) is 58.0 Å². The monoisotopic (exact) mass is 674 g/mol. The highest BCUT2D eigenvalue weighted by atomic mass is 28.4. The molecule has 10 atom stereocenters. The van der Waals surface area contributed by atoms with Gasteiger partial charge in [-0.15, -0.1) is 0 Å². The van der Waals surface area contributed by atoms with Crippen LogP contribution < -0.4 is 0 Å². The lowest BCUT2D eigenvalue weighted by Gasteiger charge is -2.67. The number of hydrogen-bond acceptors (Lipinski definition) is 10. The number of fused-ring (bicyclic) bond motifs is 3. The molecular weight excluding hydrogens is 620 g/mol. The Morgan fingerprint density at radius 1 is 0.979 bits per heavy atom. The minimum Gasteiger partial charge on any atom is -0.456 e. The van der Waals surface area contributed by atoms with Crippen molar-refractivity contribution in [3.05, 3.63) is 47.0 Å². The third-order valence-corrected chi connectivity index (χ3v) is 12.5. The fourth-order valence-electron chi connectivity index (χ4n) is 9.00. The Hall–Kier alpha value is -2.57. The minimum atomic E-state index is -2.28. The molecule has 2 bridgehead atoms. The third kappa shape index (κ3) is 6.11. The minimum absolute atomic E-state index is 0.00779. The molecule has 0 radical (unpaired) electrons. The maximum absolute atomic E-state index is 14.1. The van der Waals surface area contributed by atoms with Gasteiger partial charge in [0.25, 0.3) is 0 Å². The second kappa shape index (κ2) is 12.7. The van der Waals surface area contributed by atoms with Gasteiger partial charge in [-0.2, -0.15) is 0 Å². The maximum atomic E-state index is 14.1. The summed E-state index contributed by atoms with van der Waals surface area (Å²) in [7, 11) is -2.28. The highest BCUT2D eigenvalue weighted by Crippen LogP contribution is 2.65. The number of carbonyl (C=O) groups is 3. The molecule has 3 N–H and O–H groups in total. The number of hydrogen-bond donors (Lipinski definition) is 3. The van der Waals surface area contributed by atoms with Gasteiger partial charge in [0.05, 0.1) is 17.8 Å². The van der Waals surface area contributed by atoms with E-state index in [9.17, 15) is 29.7 Å². The average molecular weight is 675 g/mol. The number of aliphatic hydroxyl groups excluding tert-OH is 2. The SMILES string of the molecule is CC[C@@]1(OC(C)=O)C2C(OC(=O)c3ccccc3)[C@]3(O)C[C@H](O[Si](C)(C)C)C(C)=C([C@@H](OC(C)=O)[C@@H](O)[C@]2(C)[C@@H](C)C[C@H]1O)C3(C)C. The van der Waals surface area contributed by atoms with E-state index in [2.05, 4.69) is 0 Å². The van der Waals surface area contributed by atoms with E-state index < -0.39 is 90.6 Å². The number of ether oxygens (including phenoxy) is 3. The standard InChI is InChI=1S/C36H54O10Si/c1-12-35(45-23(5)38)26(39)18-20(2)34(8)29(35)31(44-32(41)24-16-14-13-15-17-24)36(42)19-25(46-47(9,10)11)21(3)27(33(36,6)7)28(30(34)40)43-22(4)37/h13-17,20,25-26,28-31,39-40,42H,12,18-19H2,1-11H3/t20-,25-,26+,28+,29?,30+,31?,34+,35-,36+/m0/s1. The molecule has 47 heavy (non-hydrogen) atoms. The molecule has 1 aromatic rings. The van der Waals surface area contributed by atoms with E-state index >= 15 is 0 Å². The zero-order valence-corrected chi connectivity index (χ0v) is 30.7. The molecule has 10 nitrogen and oxygen atoms in total. The van der Waals surface area contributed by atoms with Crippen molar-refractivity contribution in [3.63, 3.8) is 0 Å². The van der Waals surface area contributed by atoms with Crippen LogP contribution in [0.25, 0.3) is 0 Å². The number of esters is 3. The average Bonchev–Trinajstić information content (AvgIpc) is 2.96. The summed E-state index contributed by atoms with van der Waals surface area (Å²) in [6.45, 7) is 19.4. The molecule has 3 aliphatic carbocycles. The van der Waals surface area contributed by atoms with Crippen molar-refractivity contribution in [3.8, 4) is 0 Å². The fraction of sp³-hybridized carbons (Fsp3) is 0.694. The molecule has 1 aromatic carbocycles. The van der Waals surface area contributed by atoms with Crippen LogP contribution in [0.3, 0.4) is 0 Å². The summed E-state index contributed by atoms with van der Waals surface area (Å²) in [5, 5.41) is 38.1. The maximum Gasteiger partial charge on any atom is 0.338 e. The molecule has 0 spiro atoms. The van der Waals surface area contributed by atoms with Crippen molar-refractivity contribution in [2.24, 2.45) is 22.7 Å². The molecule has 0 amide bonds. The van der Waals surface area contributed by atoms with Gasteiger partial charge in [0.1, 0.15) is 23.4 Å².